The Bertz CT molecular complexity index is 925. The van der Waals surface area contributed by atoms with Gasteiger partial charge in [0.1, 0.15) is 12.4 Å². The molecule has 29 heavy (non-hydrogen) atoms. The lowest BCUT2D eigenvalue weighted by atomic mass is 9.49. The summed E-state index contributed by atoms with van der Waals surface area (Å²) in [6.45, 7) is 4.95. The van der Waals surface area contributed by atoms with Crippen LogP contribution in [0.5, 0.6) is 0 Å². The molecule has 4 aliphatic rings. The third-order valence-corrected chi connectivity index (χ3v) is 8.38. The maximum Gasteiger partial charge on any atom is 0.165 e. The molecule has 3 heteroatoms. The van der Waals surface area contributed by atoms with Gasteiger partial charge in [-0.05, 0) is 55.1 Å². The highest BCUT2D eigenvalue weighted by molar-refractivity contribution is 5.87. The molecule has 0 bridgehead atoms. The topological polar surface area (TPSA) is 46.5 Å². The van der Waals surface area contributed by atoms with Gasteiger partial charge in [-0.1, -0.05) is 56.3 Å². The first-order valence-corrected chi connectivity index (χ1v) is 11.0. The molecule has 0 spiro atoms. The molecule has 0 heterocycles. The number of hydrogen-bond acceptors (Lipinski definition) is 3. The molecular weight excluding hydrogens is 360 g/mol. The van der Waals surface area contributed by atoms with E-state index < -0.39 is 0 Å². The lowest BCUT2D eigenvalue weighted by Gasteiger charge is -2.54. The van der Waals surface area contributed by atoms with E-state index in [9.17, 15) is 9.90 Å². The quantitative estimate of drug-likeness (QED) is 0.700. The minimum absolute atomic E-state index is 0.119. The number of hydrogen-bond donors (Lipinski definition) is 1. The monoisotopic (exact) mass is 390 g/mol. The van der Waals surface area contributed by atoms with E-state index in [1.165, 1.54) is 0 Å². The van der Waals surface area contributed by atoms with Crippen LogP contribution in [-0.4, -0.2) is 10.9 Å². The summed E-state index contributed by atoms with van der Waals surface area (Å²) in [6, 6.07) is 10.1. The van der Waals surface area contributed by atoms with Crippen molar-refractivity contribution in [2.75, 3.05) is 0 Å². The van der Waals surface area contributed by atoms with Crippen molar-refractivity contribution in [1.29, 1.82) is 0 Å². The molecule has 0 aromatic heterocycles. The lowest BCUT2D eigenvalue weighted by molar-refractivity contribution is -0.131. The van der Waals surface area contributed by atoms with Crippen molar-refractivity contribution in [3.05, 3.63) is 71.2 Å². The summed E-state index contributed by atoms with van der Waals surface area (Å²) in [5.41, 5.74) is 1.96. The van der Waals surface area contributed by atoms with Gasteiger partial charge < -0.3 is 9.84 Å². The van der Waals surface area contributed by atoms with Gasteiger partial charge in [-0.25, -0.2) is 0 Å². The zero-order valence-electron chi connectivity index (χ0n) is 17.4. The SMILES string of the molecule is C[C@]12C=CC(O)=C(OCc3ccccc3)C1=CC[C@@H]1[C@@H]2CC[C@]2(C)C(=O)CC[C@@H]12. The van der Waals surface area contributed by atoms with Crippen molar-refractivity contribution >= 4 is 5.78 Å². The number of Topliss-reactive ketones (excluding diaryl/α,β-unsaturated/α-hetero) is 1. The first kappa shape index (κ1) is 18.7. The Morgan fingerprint density at radius 2 is 1.93 bits per heavy atom. The Labute approximate surface area is 173 Å². The maximum absolute atomic E-state index is 12.6. The fourth-order valence-corrected chi connectivity index (χ4v) is 6.70. The largest absolute Gasteiger partial charge is 0.504 e. The van der Waals surface area contributed by atoms with Crippen LogP contribution in [0.3, 0.4) is 0 Å². The van der Waals surface area contributed by atoms with Crippen molar-refractivity contribution < 1.29 is 14.6 Å². The third-order valence-electron chi connectivity index (χ3n) is 8.38. The van der Waals surface area contributed by atoms with Crippen LogP contribution in [0.1, 0.15) is 51.5 Å². The highest BCUT2D eigenvalue weighted by Gasteiger charge is 2.58. The summed E-state index contributed by atoms with van der Waals surface area (Å²) in [4.78, 5) is 12.6. The smallest absolute Gasteiger partial charge is 0.165 e. The van der Waals surface area contributed by atoms with Gasteiger partial charge in [0.2, 0.25) is 0 Å². The van der Waals surface area contributed by atoms with E-state index in [4.69, 9.17) is 4.74 Å². The Morgan fingerprint density at radius 1 is 1.14 bits per heavy atom. The number of ketones is 1. The number of allylic oxidation sites excluding steroid dienone is 4. The maximum atomic E-state index is 12.6. The molecule has 0 amide bonds. The zero-order valence-corrected chi connectivity index (χ0v) is 17.4. The third kappa shape index (κ3) is 2.73. The van der Waals surface area contributed by atoms with E-state index in [2.05, 4.69) is 26.0 Å². The fourth-order valence-electron chi connectivity index (χ4n) is 6.70. The molecule has 0 radical (unpaired) electrons. The van der Waals surface area contributed by atoms with Crippen LogP contribution in [0.25, 0.3) is 0 Å². The van der Waals surface area contributed by atoms with E-state index in [0.29, 0.717) is 35.9 Å². The fraction of sp³-hybridized carbons (Fsp3) is 0.500. The van der Waals surface area contributed by atoms with Gasteiger partial charge in [0.05, 0.1) is 0 Å². The molecule has 2 fully saturated rings. The number of ether oxygens (including phenoxy) is 1. The molecule has 3 nitrogen and oxygen atoms in total. The van der Waals surface area contributed by atoms with Gasteiger partial charge in [0.15, 0.2) is 11.5 Å². The molecule has 0 unspecified atom stereocenters. The normalized spacial score (nSPS) is 38.2. The number of carbonyl (C=O) groups excluding carboxylic acids is 1. The van der Waals surface area contributed by atoms with Gasteiger partial charge in [-0.15, -0.1) is 0 Å². The highest BCUT2D eigenvalue weighted by Crippen LogP contribution is 2.63. The minimum Gasteiger partial charge on any atom is -0.504 e. The highest BCUT2D eigenvalue weighted by atomic mass is 16.5. The first-order chi connectivity index (χ1) is 13.9. The van der Waals surface area contributed by atoms with E-state index in [0.717, 1.165) is 43.2 Å². The van der Waals surface area contributed by atoms with Crippen LogP contribution >= 0.6 is 0 Å². The molecule has 1 aromatic carbocycles. The van der Waals surface area contributed by atoms with Crippen LogP contribution in [0.15, 0.2) is 65.7 Å². The Kier molecular flexibility index (Phi) is 4.27. The van der Waals surface area contributed by atoms with E-state index in [-0.39, 0.29) is 16.6 Å². The Balaban J connectivity index is 1.45. The Hall–Kier alpha value is -2.29. The summed E-state index contributed by atoms with van der Waals surface area (Å²) in [5, 5.41) is 10.6. The van der Waals surface area contributed by atoms with E-state index in [1.807, 2.05) is 36.4 Å². The number of aliphatic hydroxyl groups excluding tert-OH is 1. The van der Waals surface area contributed by atoms with Crippen LogP contribution in [0.2, 0.25) is 0 Å². The Morgan fingerprint density at radius 3 is 2.72 bits per heavy atom. The van der Waals surface area contributed by atoms with Crippen molar-refractivity contribution in [1.82, 2.24) is 0 Å². The zero-order chi connectivity index (χ0) is 20.2. The van der Waals surface area contributed by atoms with Crippen molar-refractivity contribution in [3.63, 3.8) is 0 Å². The summed E-state index contributed by atoms with van der Waals surface area (Å²) < 4.78 is 6.18. The summed E-state index contributed by atoms with van der Waals surface area (Å²) in [7, 11) is 0. The van der Waals surface area contributed by atoms with Crippen molar-refractivity contribution in [2.45, 2.75) is 52.6 Å². The number of carbonyl (C=O) groups is 1. The molecule has 1 N–H and O–H groups in total. The van der Waals surface area contributed by atoms with Gasteiger partial charge in [0.25, 0.3) is 0 Å². The summed E-state index contributed by atoms with van der Waals surface area (Å²) in [5.74, 6) is 2.85. The molecule has 0 saturated heterocycles. The molecular formula is C26H30O3. The van der Waals surface area contributed by atoms with Crippen LogP contribution < -0.4 is 0 Å². The summed E-state index contributed by atoms with van der Waals surface area (Å²) in [6.07, 6.45) is 11.1. The van der Waals surface area contributed by atoms with Gasteiger partial charge in [0, 0.05) is 22.8 Å². The molecule has 4 aliphatic carbocycles. The van der Waals surface area contributed by atoms with Crippen molar-refractivity contribution in [2.24, 2.45) is 28.6 Å². The average molecular weight is 391 g/mol. The van der Waals surface area contributed by atoms with Crippen LogP contribution in [0, 0.1) is 28.6 Å². The number of rotatable bonds is 3. The number of benzene rings is 1. The molecule has 5 rings (SSSR count). The first-order valence-electron chi connectivity index (χ1n) is 11.0. The van der Waals surface area contributed by atoms with Gasteiger partial charge in [-0.3, -0.25) is 4.79 Å². The molecule has 152 valence electrons. The van der Waals surface area contributed by atoms with Gasteiger partial charge in [-0.2, -0.15) is 0 Å². The predicted molar refractivity (Wildman–Crippen MR) is 113 cm³/mol. The second-order valence-corrected chi connectivity index (χ2v) is 9.75. The second-order valence-electron chi connectivity index (χ2n) is 9.75. The predicted octanol–water partition coefficient (Wildman–Crippen LogP) is 5.89. The van der Waals surface area contributed by atoms with Crippen molar-refractivity contribution in [3.8, 4) is 0 Å². The minimum atomic E-state index is -0.145. The van der Waals surface area contributed by atoms with E-state index >= 15 is 0 Å². The average Bonchev–Trinajstić information content (AvgIpc) is 3.03. The summed E-state index contributed by atoms with van der Waals surface area (Å²) >= 11 is 0. The van der Waals surface area contributed by atoms with Crippen LogP contribution in [-0.2, 0) is 16.1 Å². The number of aliphatic hydroxyl groups is 1. The molecule has 1 aromatic rings. The van der Waals surface area contributed by atoms with E-state index in [1.54, 1.807) is 0 Å². The molecule has 2 saturated carbocycles. The standard InChI is InChI=1S/C26H30O3/c1-25-15-13-22(27)24(29-16-17-6-4-3-5-7-17)21(25)9-8-18-19-10-11-23(28)26(19,2)14-12-20(18)25/h3-7,9,13,15,18-20,27H,8,10-12,14,16H2,1-2H3/t18-,19-,20-,25+,26-/m0/s1. The number of fused-ring (bicyclic) bond motifs is 5. The second kappa shape index (κ2) is 6.62. The molecule has 5 atom stereocenters. The lowest BCUT2D eigenvalue weighted by Crippen LogP contribution is -2.49. The van der Waals surface area contributed by atoms with Crippen LogP contribution in [0.4, 0.5) is 0 Å². The molecule has 0 aliphatic heterocycles. The van der Waals surface area contributed by atoms with Gasteiger partial charge >= 0.3 is 0 Å².